The molecule has 1 rings (SSSR count). The smallest absolute Gasteiger partial charge is 0.401 e. The zero-order valence-electron chi connectivity index (χ0n) is 9.97. The van der Waals surface area contributed by atoms with Crippen LogP contribution in [0.25, 0.3) is 0 Å². The summed E-state index contributed by atoms with van der Waals surface area (Å²) in [4.78, 5) is 1.28. The van der Waals surface area contributed by atoms with Crippen LogP contribution in [0.5, 0.6) is 5.75 Å². The Morgan fingerprint density at radius 1 is 1.33 bits per heavy atom. The monoisotopic (exact) mass is 325 g/mol. The van der Waals surface area contributed by atoms with E-state index in [1.807, 2.05) is 6.92 Å². The van der Waals surface area contributed by atoms with Gasteiger partial charge in [0.15, 0.2) is 0 Å². The van der Waals surface area contributed by atoms with Crippen LogP contribution in [0.4, 0.5) is 13.2 Å². The Balaban J connectivity index is 2.79. The van der Waals surface area contributed by atoms with Gasteiger partial charge in [-0.1, -0.05) is 22.9 Å². The second-order valence-corrected chi connectivity index (χ2v) is 5.01. The van der Waals surface area contributed by atoms with Crippen molar-refractivity contribution in [1.82, 2.24) is 4.90 Å². The third-order valence-corrected chi connectivity index (χ3v) is 2.87. The molecule has 0 radical (unpaired) electrons. The fourth-order valence-electron chi connectivity index (χ4n) is 1.71. The first-order chi connectivity index (χ1) is 8.31. The summed E-state index contributed by atoms with van der Waals surface area (Å²) in [6.45, 7) is 1.28. The third kappa shape index (κ3) is 5.27. The molecular formula is C12H15BrF3NO. The van der Waals surface area contributed by atoms with Gasteiger partial charge >= 0.3 is 6.18 Å². The summed E-state index contributed by atoms with van der Waals surface area (Å²) < 4.78 is 37.9. The zero-order chi connectivity index (χ0) is 13.8. The number of nitrogens with zero attached hydrogens (tertiary/aromatic N) is 1. The minimum atomic E-state index is -4.23. The number of hydrogen-bond donors (Lipinski definition) is 1. The van der Waals surface area contributed by atoms with Crippen LogP contribution in [0.15, 0.2) is 22.7 Å². The maximum absolute atomic E-state index is 12.4. The molecule has 0 aliphatic heterocycles. The summed E-state index contributed by atoms with van der Waals surface area (Å²) in [5.74, 6) is 0.0153. The van der Waals surface area contributed by atoms with Crippen molar-refractivity contribution >= 4 is 15.9 Å². The molecule has 1 aromatic rings. The normalized spacial score (nSPS) is 12.1. The predicted molar refractivity (Wildman–Crippen MR) is 67.4 cm³/mol. The number of hydrogen-bond acceptors (Lipinski definition) is 2. The average Bonchev–Trinajstić information content (AvgIpc) is 2.21. The molecule has 102 valence electrons. The van der Waals surface area contributed by atoms with Crippen LogP contribution < -0.4 is 0 Å². The van der Waals surface area contributed by atoms with E-state index in [1.54, 1.807) is 12.1 Å². The highest BCUT2D eigenvalue weighted by Crippen LogP contribution is 2.25. The van der Waals surface area contributed by atoms with Gasteiger partial charge in [0, 0.05) is 16.6 Å². The van der Waals surface area contributed by atoms with Gasteiger partial charge in [-0.2, -0.15) is 13.2 Å². The molecule has 18 heavy (non-hydrogen) atoms. The molecule has 6 heteroatoms. The van der Waals surface area contributed by atoms with Crippen molar-refractivity contribution in [1.29, 1.82) is 0 Å². The van der Waals surface area contributed by atoms with E-state index in [1.165, 1.54) is 11.0 Å². The largest absolute Gasteiger partial charge is 0.508 e. The molecule has 0 saturated carbocycles. The van der Waals surface area contributed by atoms with E-state index in [2.05, 4.69) is 15.9 Å². The molecule has 0 spiro atoms. The number of alkyl halides is 3. The first-order valence-electron chi connectivity index (χ1n) is 5.58. The highest BCUT2D eigenvalue weighted by molar-refractivity contribution is 9.10. The standard InChI is InChI=1S/C12H15BrF3NO/c1-2-5-17(8-12(14,15)16)7-9-6-10(13)3-4-11(9)18/h3-4,6,18H,2,5,7-8H2,1H3. The van der Waals surface area contributed by atoms with Crippen molar-refractivity contribution in [2.45, 2.75) is 26.1 Å². The van der Waals surface area contributed by atoms with Crippen molar-refractivity contribution in [2.24, 2.45) is 0 Å². The lowest BCUT2D eigenvalue weighted by Crippen LogP contribution is -2.34. The molecule has 0 aliphatic carbocycles. The van der Waals surface area contributed by atoms with Gasteiger partial charge in [0.25, 0.3) is 0 Å². The molecule has 0 amide bonds. The lowest BCUT2D eigenvalue weighted by Gasteiger charge is -2.23. The number of benzene rings is 1. The first kappa shape index (κ1) is 15.3. The molecular weight excluding hydrogens is 311 g/mol. The van der Waals surface area contributed by atoms with Gasteiger partial charge in [-0.05, 0) is 31.2 Å². The number of phenolic OH excluding ortho intramolecular Hbond substituents is 1. The van der Waals surface area contributed by atoms with Crippen molar-refractivity contribution in [3.63, 3.8) is 0 Å². The fraction of sp³-hybridized carbons (Fsp3) is 0.500. The molecule has 0 saturated heterocycles. The number of halogens is 4. The molecule has 0 aliphatic rings. The van der Waals surface area contributed by atoms with E-state index in [0.29, 0.717) is 18.5 Å². The second-order valence-electron chi connectivity index (χ2n) is 4.10. The molecule has 1 aromatic carbocycles. The van der Waals surface area contributed by atoms with Crippen LogP contribution in [-0.2, 0) is 6.54 Å². The summed E-state index contributed by atoms with van der Waals surface area (Å²) in [6.07, 6.45) is -3.60. The summed E-state index contributed by atoms with van der Waals surface area (Å²) >= 11 is 3.23. The summed E-state index contributed by atoms with van der Waals surface area (Å²) in [6, 6.07) is 4.75. The van der Waals surface area contributed by atoms with Crippen LogP contribution in [0.3, 0.4) is 0 Å². The van der Waals surface area contributed by atoms with Crippen molar-refractivity contribution in [3.8, 4) is 5.75 Å². The minimum absolute atomic E-state index is 0.0153. The molecule has 0 bridgehead atoms. The van der Waals surface area contributed by atoms with Crippen LogP contribution in [0.2, 0.25) is 0 Å². The van der Waals surface area contributed by atoms with Crippen LogP contribution in [0, 0.1) is 0 Å². The third-order valence-electron chi connectivity index (χ3n) is 2.38. The summed E-state index contributed by atoms with van der Waals surface area (Å²) in [7, 11) is 0. The van der Waals surface area contributed by atoms with E-state index < -0.39 is 12.7 Å². The number of aromatic hydroxyl groups is 1. The molecule has 0 fully saturated rings. The number of phenols is 1. The Morgan fingerprint density at radius 2 is 2.00 bits per heavy atom. The predicted octanol–water partition coefficient (Wildman–Crippen LogP) is 3.93. The Kier molecular flexibility index (Phi) is 5.47. The van der Waals surface area contributed by atoms with Crippen molar-refractivity contribution < 1.29 is 18.3 Å². The molecule has 0 unspecified atom stereocenters. The Morgan fingerprint density at radius 3 is 2.56 bits per heavy atom. The van der Waals surface area contributed by atoms with Gasteiger partial charge in [-0.25, -0.2) is 0 Å². The fourth-order valence-corrected chi connectivity index (χ4v) is 2.11. The maximum atomic E-state index is 12.4. The SMILES string of the molecule is CCCN(Cc1cc(Br)ccc1O)CC(F)(F)F. The quantitative estimate of drug-likeness (QED) is 0.886. The first-order valence-corrected chi connectivity index (χ1v) is 6.37. The average molecular weight is 326 g/mol. The van der Waals surface area contributed by atoms with E-state index in [0.717, 1.165) is 4.47 Å². The summed E-state index contributed by atoms with van der Waals surface area (Å²) in [5, 5.41) is 9.62. The Labute approximate surface area is 113 Å². The van der Waals surface area contributed by atoms with Crippen LogP contribution in [0.1, 0.15) is 18.9 Å². The minimum Gasteiger partial charge on any atom is -0.508 e. The van der Waals surface area contributed by atoms with E-state index in [9.17, 15) is 18.3 Å². The van der Waals surface area contributed by atoms with Gasteiger partial charge in [-0.15, -0.1) is 0 Å². The topological polar surface area (TPSA) is 23.5 Å². The van der Waals surface area contributed by atoms with Gasteiger partial charge in [-0.3, -0.25) is 4.90 Å². The molecule has 1 N–H and O–H groups in total. The van der Waals surface area contributed by atoms with Crippen molar-refractivity contribution in [3.05, 3.63) is 28.2 Å². The highest BCUT2D eigenvalue weighted by atomic mass is 79.9. The molecule has 0 aromatic heterocycles. The maximum Gasteiger partial charge on any atom is 0.401 e. The molecule has 0 atom stereocenters. The van der Waals surface area contributed by atoms with Gasteiger partial charge in [0.2, 0.25) is 0 Å². The molecule has 2 nitrogen and oxygen atoms in total. The van der Waals surface area contributed by atoms with Crippen LogP contribution >= 0.6 is 15.9 Å². The Bertz CT molecular complexity index is 395. The Hall–Kier alpha value is -0.750. The van der Waals surface area contributed by atoms with Gasteiger partial charge < -0.3 is 5.11 Å². The zero-order valence-corrected chi connectivity index (χ0v) is 11.6. The molecule has 0 heterocycles. The van der Waals surface area contributed by atoms with Gasteiger partial charge in [0.05, 0.1) is 6.54 Å². The van der Waals surface area contributed by atoms with Crippen molar-refractivity contribution in [2.75, 3.05) is 13.1 Å². The van der Waals surface area contributed by atoms with Gasteiger partial charge in [0.1, 0.15) is 5.75 Å². The lowest BCUT2D eigenvalue weighted by atomic mass is 10.2. The van der Waals surface area contributed by atoms with Crippen LogP contribution in [-0.4, -0.2) is 29.3 Å². The highest BCUT2D eigenvalue weighted by Gasteiger charge is 2.30. The lowest BCUT2D eigenvalue weighted by molar-refractivity contribution is -0.147. The van der Waals surface area contributed by atoms with E-state index in [4.69, 9.17) is 0 Å². The second kappa shape index (κ2) is 6.43. The number of rotatable bonds is 5. The van der Waals surface area contributed by atoms with E-state index >= 15 is 0 Å². The summed E-state index contributed by atoms with van der Waals surface area (Å²) in [5.41, 5.74) is 0.488. The van der Waals surface area contributed by atoms with E-state index in [-0.39, 0.29) is 12.3 Å².